The minimum absolute atomic E-state index is 0.0228. The smallest absolute Gasteiger partial charge is 0.241 e. The van der Waals surface area contributed by atoms with Crippen molar-refractivity contribution in [2.45, 2.75) is 6.54 Å². The number of nitrogens with one attached hydrogen (secondary N) is 2. The highest BCUT2D eigenvalue weighted by atomic mass is 35.5. The van der Waals surface area contributed by atoms with Crippen molar-refractivity contribution in [1.82, 2.24) is 24.9 Å². The molecule has 8 heteroatoms. The van der Waals surface area contributed by atoms with Gasteiger partial charge in [0.15, 0.2) is 5.96 Å². The number of pyridine rings is 1. The van der Waals surface area contributed by atoms with E-state index in [9.17, 15) is 4.79 Å². The number of nitrogens with zero attached hydrogens (tertiary/aromatic N) is 4. The van der Waals surface area contributed by atoms with Crippen molar-refractivity contribution in [3.63, 3.8) is 0 Å². The molecule has 7 nitrogen and oxygen atoms in total. The third-order valence-electron chi connectivity index (χ3n) is 3.03. The van der Waals surface area contributed by atoms with Gasteiger partial charge < -0.3 is 19.9 Å². The molecule has 0 aliphatic carbocycles. The summed E-state index contributed by atoms with van der Waals surface area (Å²) in [6, 6.07) is 3.66. The Morgan fingerprint density at radius 2 is 2.14 bits per heavy atom. The van der Waals surface area contributed by atoms with Crippen LogP contribution < -0.4 is 10.6 Å². The number of rotatable bonds is 4. The highest BCUT2D eigenvalue weighted by Crippen LogP contribution is 2.11. The SMILES string of the molecule is CN=C(NCC(=O)N(C)C)NCc1cn2cc(Cl)ccc2n1. The fraction of sp³-hybridized carbons (Fsp3) is 0.357. The predicted molar refractivity (Wildman–Crippen MR) is 87.1 cm³/mol. The zero-order valence-electron chi connectivity index (χ0n) is 12.8. The van der Waals surface area contributed by atoms with Crippen LogP contribution in [0, 0.1) is 0 Å². The second-order valence-corrected chi connectivity index (χ2v) is 5.35. The number of amides is 1. The van der Waals surface area contributed by atoms with Gasteiger partial charge in [-0.25, -0.2) is 4.98 Å². The van der Waals surface area contributed by atoms with Crippen molar-refractivity contribution in [2.75, 3.05) is 27.7 Å². The van der Waals surface area contributed by atoms with Gasteiger partial charge in [0.2, 0.25) is 5.91 Å². The van der Waals surface area contributed by atoms with E-state index in [2.05, 4.69) is 20.6 Å². The molecular formula is C14H19ClN6O. The third-order valence-corrected chi connectivity index (χ3v) is 3.25. The van der Waals surface area contributed by atoms with E-state index in [1.165, 1.54) is 4.90 Å². The van der Waals surface area contributed by atoms with E-state index in [0.29, 0.717) is 17.5 Å². The van der Waals surface area contributed by atoms with Gasteiger partial charge in [-0.15, -0.1) is 0 Å². The Kier molecular flexibility index (Phi) is 5.21. The van der Waals surface area contributed by atoms with Gasteiger partial charge in [-0.3, -0.25) is 9.79 Å². The maximum Gasteiger partial charge on any atom is 0.241 e. The van der Waals surface area contributed by atoms with E-state index in [4.69, 9.17) is 11.6 Å². The van der Waals surface area contributed by atoms with Crippen LogP contribution in [0.2, 0.25) is 5.02 Å². The molecule has 2 heterocycles. The van der Waals surface area contributed by atoms with Gasteiger partial charge in [-0.05, 0) is 12.1 Å². The lowest BCUT2D eigenvalue weighted by Crippen LogP contribution is -2.42. The molecule has 0 aliphatic heterocycles. The molecule has 1 amide bonds. The quantitative estimate of drug-likeness (QED) is 0.643. The number of imidazole rings is 1. The predicted octanol–water partition coefficient (Wildman–Crippen LogP) is 0.741. The zero-order chi connectivity index (χ0) is 16.1. The lowest BCUT2D eigenvalue weighted by atomic mass is 10.4. The maximum atomic E-state index is 11.5. The van der Waals surface area contributed by atoms with Crippen molar-refractivity contribution in [3.05, 3.63) is 35.2 Å². The molecule has 0 spiro atoms. The second kappa shape index (κ2) is 7.13. The van der Waals surface area contributed by atoms with E-state index in [1.54, 1.807) is 33.4 Å². The summed E-state index contributed by atoms with van der Waals surface area (Å²) in [6.07, 6.45) is 3.70. The van der Waals surface area contributed by atoms with E-state index < -0.39 is 0 Å². The average Bonchev–Trinajstić information content (AvgIpc) is 2.88. The molecule has 0 bridgehead atoms. The Hall–Kier alpha value is -2.28. The molecule has 0 atom stereocenters. The van der Waals surface area contributed by atoms with Crippen molar-refractivity contribution >= 4 is 29.1 Å². The summed E-state index contributed by atoms with van der Waals surface area (Å²) < 4.78 is 1.87. The van der Waals surface area contributed by atoms with E-state index in [0.717, 1.165) is 11.3 Å². The standard InChI is InChI=1S/C14H19ClN6O/c1-16-14(18-7-13(22)20(2)3)17-6-11-9-21-8-10(15)4-5-12(21)19-11/h4-5,8-9H,6-7H2,1-3H3,(H2,16,17,18). The van der Waals surface area contributed by atoms with Gasteiger partial charge in [0.25, 0.3) is 0 Å². The topological polar surface area (TPSA) is 74.0 Å². The molecule has 22 heavy (non-hydrogen) atoms. The first kappa shape index (κ1) is 16.1. The highest BCUT2D eigenvalue weighted by Gasteiger charge is 2.06. The Labute approximate surface area is 134 Å². The van der Waals surface area contributed by atoms with Gasteiger partial charge >= 0.3 is 0 Å². The summed E-state index contributed by atoms with van der Waals surface area (Å²) >= 11 is 5.95. The van der Waals surface area contributed by atoms with Crippen LogP contribution in [-0.2, 0) is 11.3 Å². The molecular weight excluding hydrogens is 304 g/mol. The summed E-state index contributed by atoms with van der Waals surface area (Å²) in [6.45, 7) is 0.683. The Balaban J connectivity index is 1.93. The number of hydrogen-bond donors (Lipinski definition) is 2. The van der Waals surface area contributed by atoms with Gasteiger partial charge in [-0.2, -0.15) is 0 Å². The summed E-state index contributed by atoms with van der Waals surface area (Å²) in [5.41, 5.74) is 1.68. The minimum Gasteiger partial charge on any atom is -0.351 e. The molecule has 2 aromatic rings. The fourth-order valence-corrected chi connectivity index (χ4v) is 1.98. The first-order valence-corrected chi connectivity index (χ1v) is 7.15. The van der Waals surface area contributed by atoms with Gasteiger partial charge in [-0.1, -0.05) is 11.6 Å². The lowest BCUT2D eigenvalue weighted by Gasteiger charge is -2.13. The third kappa shape index (κ3) is 4.11. The van der Waals surface area contributed by atoms with Crippen LogP contribution in [0.5, 0.6) is 0 Å². The fourth-order valence-electron chi connectivity index (χ4n) is 1.81. The van der Waals surface area contributed by atoms with Gasteiger partial charge in [0, 0.05) is 33.5 Å². The van der Waals surface area contributed by atoms with Crippen LogP contribution >= 0.6 is 11.6 Å². The summed E-state index contributed by atoms with van der Waals surface area (Å²) in [5, 5.41) is 6.73. The normalized spacial score (nSPS) is 11.5. The number of fused-ring (bicyclic) bond motifs is 1. The van der Waals surface area contributed by atoms with Crippen LogP contribution in [0.4, 0.5) is 0 Å². The molecule has 0 saturated carbocycles. The second-order valence-electron chi connectivity index (χ2n) is 4.91. The Morgan fingerprint density at radius 1 is 1.36 bits per heavy atom. The Morgan fingerprint density at radius 3 is 2.82 bits per heavy atom. The van der Waals surface area contributed by atoms with Crippen molar-refractivity contribution in [3.8, 4) is 0 Å². The van der Waals surface area contributed by atoms with Crippen LogP contribution in [0.15, 0.2) is 29.5 Å². The lowest BCUT2D eigenvalue weighted by molar-refractivity contribution is -0.127. The molecule has 2 rings (SSSR count). The zero-order valence-corrected chi connectivity index (χ0v) is 13.6. The first-order chi connectivity index (χ1) is 10.5. The maximum absolute atomic E-state index is 11.5. The molecule has 0 unspecified atom stereocenters. The molecule has 0 saturated heterocycles. The van der Waals surface area contributed by atoms with Crippen LogP contribution in [0.1, 0.15) is 5.69 Å². The van der Waals surface area contributed by atoms with Crippen molar-refractivity contribution < 1.29 is 4.79 Å². The van der Waals surface area contributed by atoms with Gasteiger partial charge in [0.05, 0.1) is 23.8 Å². The molecule has 2 aromatic heterocycles. The molecule has 0 fully saturated rings. The van der Waals surface area contributed by atoms with Crippen molar-refractivity contribution in [2.24, 2.45) is 4.99 Å². The monoisotopic (exact) mass is 322 g/mol. The van der Waals surface area contributed by atoms with E-state index in [-0.39, 0.29) is 12.5 Å². The highest BCUT2D eigenvalue weighted by molar-refractivity contribution is 6.30. The number of carbonyl (C=O) groups excluding carboxylic acids is 1. The first-order valence-electron chi connectivity index (χ1n) is 6.77. The number of carbonyl (C=O) groups is 1. The largest absolute Gasteiger partial charge is 0.351 e. The molecule has 0 aromatic carbocycles. The molecule has 118 valence electrons. The number of aliphatic imine (C=N–C) groups is 1. The van der Waals surface area contributed by atoms with Crippen LogP contribution in [-0.4, -0.2) is 53.8 Å². The van der Waals surface area contributed by atoms with Crippen LogP contribution in [0.25, 0.3) is 5.65 Å². The number of aromatic nitrogens is 2. The average molecular weight is 323 g/mol. The number of likely N-dealkylation sites (N-methyl/N-ethyl adjacent to an activating group) is 1. The van der Waals surface area contributed by atoms with E-state index in [1.807, 2.05) is 16.7 Å². The summed E-state index contributed by atoms with van der Waals surface area (Å²) in [4.78, 5) is 21.6. The van der Waals surface area contributed by atoms with Gasteiger partial charge in [0.1, 0.15) is 5.65 Å². The number of guanidine groups is 1. The molecule has 0 aliphatic rings. The number of hydrogen-bond acceptors (Lipinski definition) is 3. The summed E-state index contributed by atoms with van der Waals surface area (Å²) in [7, 11) is 5.07. The molecule has 0 radical (unpaired) electrons. The van der Waals surface area contributed by atoms with E-state index >= 15 is 0 Å². The molecule has 2 N–H and O–H groups in total. The number of halogens is 1. The minimum atomic E-state index is -0.0228. The summed E-state index contributed by atoms with van der Waals surface area (Å²) in [5.74, 6) is 0.524. The Bertz CT molecular complexity index is 694. The van der Waals surface area contributed by atoms with Crippen molar-refractivity contribution in [1.29, 1.82) is 0 Å². The van der Waals surface area contributed by atoms with Crippen LogP contribution in [0.3, 0.4) is 0 Å².